The second-order valence-electron chi connectivity index (χ2n) is 7.85. The molecular weight excluding hydrogens is 438 g/mol. The Hall–Kier alpha value is -1.97. The topological polar surface area (TPSA) is 79.0 Å². The van der Waals surface area contributed by atoms with Crippen LogP contribution in [-0.2, 0) is 27.8 Å². The van der Waals surface area contributed by atoms with Crippen LogP contribution in [0.25, 0.3) is 0 Å². The Morgan fingerprint density at radius 2 is 1.97 bits per heavy atom. The van der Waals surface area contributed by atoms with Gasteiger partial charge in [-0.05, 0) is 36.2 Å². The summed E-state index contributed by atoms with van der Waals surface area (Å²) in [7, 11) is -0.782. The van der Waals surface area contributed by atoms with Crippen LogP contribution in [-0.4, -0.2) is 63.4 Å². The molecular formula is C22H28ClN3O4S. The fourth-order valence-corrected chi connectivity index (χ4v) is 4.59. The molecule has 0 aliphatic carbocycles. The highest BCUT2D eigenvalue weighted by molar-refractivity contribution is 7.89. The monoisotopic (exact) mass is 465 g/mol. The lowest BCUT2D eigenvalue weighted by atomic mass is 10.1. The molecule has 1 saturated heterocycles. The van der Waals surface area contributed by atoms with Crippen LogP contribution in [0.3, 0.4) is 0 Å². The van der Waals surface area contributed by atoms with E-state index in [1.165, 1.54) is 32.3 Å². The van der Waals surface area contributed by atoms with Crippen LogP contribution < -0.4 is 5.32 Å². The van der Waals surface area contributed by atoms with Gasteiger partial charge in [0.15, 0.2) is 0 Å². The minimum absolute atomic E-state index is 0.0220. The van der Waals surface area contributed by atoms with Gasteiger partial charge in [0.25, 0.3) is 5.91 Å². The van der Waals surface area contributed by atoms with E-state index in [2.05, 4.69) is 29.3 Å². The molecule has 168 valence electrons. The first-order valence-corrected chi connectivity index (χ1v) is 11.9. The molecule has 31 heavy (non-hydrogen) atoms. The molecule has 2 aromatic carbocycles. The number of halogens is 1. The number of morpholine rings is 1. The molecule has 0 radical (unpaired) electrons. The van der Waals surface area contributed by atoms with Crippen molar-refractivity contribution in [2.24, 2.45) is 0 Å². The number of carbonyl (C=O) groups excluding carboxylic acids is 1. The van der Waals surface area contributed by atoms with Gasteiger partial charge in [-0.2, -0.15) is 0 Å². The van der Waals surface area contributed by atoms with Crippen molar-refractivity contribution in [1.29, 1.82) is 0 Å². The van der Waals surface area contributed by atoms with E-state index in [1.807, 2.05) is 12.1 Å². The highest BCUT2D eigenvalue weighted by Crippen LogP contribution is 2.22. The molecule has 1 fully saturated rings. The molecule has 1 atom stereocenters. The van der Waals surface area contributed by atoms with E-state index in [1.54, 1.807) is 0 Å². The van der Waals surface area contributed by atoms with Crippen LogP contribution in [0.2, 0.25) is 5.02 Å². The third kappa shape index (κ3) is 6.05. The number of hydrogen-bond donors (Lipinski definition) is 1. The fourth-order valence-electron chi connectivity index (χ4n) is 3.46. The summed E-state index contributed by atoms with van der Waals surface area (Å²) in [5.74, 6) is -0.423. The summed E-state index contributed by atoms with van der Waals surface area (Å²) in [6, 6.07) is 12.2. The van der Waals surface area contributed by atoms with E-state index in [4.69, 9.17) is 16.3 Å². The zero-order valence-electron chi connectivity index (χ0n) is 18.0. The summed E-state index contributed by atoms with van der Waals surface area (Å²) < 4.78 is 31.4. The Bertz CT molecular complexity index is 1040. The van der Waals surface area contributed by atoms with Crippen molar-refractivity contribution in [3.63, 3.8) is 0 Å². The molecule has 0 aromatic heterocycles. The van der Waals surface area contributed by atoms with Crippen molar-refractivity contribution < 1.29 is 17.9 Å². The van der Waals surface area contributed by atoms with E-state index in [0.717, 1.165) is 41.7 Å². The van der Waals surface area contributed by atoms with Crippen molar-refractivity contribution in [2.45, 2.75) is 31.0 Å². The summed E-state index contributed by atoms with van der Waals surface area (Å²) in [6.45, 7) is 5.74. The Kier molecular flexibility index (Phi) is 7.72. The molecule has 0 spiro atoms. The normalized spacial score (nSPS) is 17.6. The molecule has 2 aromatic rings. The Morgan fingerprint density at radius 3 is 2.68 bits per heavy atom. The van der Waals surface area contributed by atoms with Gasteiger partial charge in [0, 0.05) is 40.3 Å². The maximum Gasteiger partial charge on any atom is 0.253 e. The number of amides is 1. The first-order chi connectivity index (χ1) is 14.7. The quantitative estimate of drug-likeness (QED) is 0.680. The number of nitrogens with one attached hydrogen (secondary N) is 1. The summed E-state index contributed by atoms with van der Waals surface area (Å²) in [4.78, 5) is 15.1. The highest BCUT2D eigenvalue weighted by atomic mass is 35.5. The molecule has 9 heteroatoms. The van der Waals surface area contributed by atoms with E-state index in [0.29, 0.717) is 6.54 Å². The van der Waals surface area contributed by atoms with E-state index in [-0.39, 0.29) is 21.6 Å². The molecule has 7 nitrogen and oxygen atoms in total. The lowest BCUT2D eigenvalue weighted by Crippen LogP contribution is -2.40. The molecule has 1 N–H and O–H groups in total. The second-order valence-corrected chi connectivity index (χ2v) is 10.4. The minimum atomic E-state index is -3.66. The molecule has 0 bridgehead atoms. The number of benzene rings is 2. The molecule has 1 amide bonds. The predicted octanol–water partition coefficient (Wildman–Crippen LogP) is 2.74. The van der Waals surface area contributed by atoms with Crippen LogP contribution in [0.4, 0.5) is 0 Å². The van der Waals surface area contributed by atoms with E-state index < -0.39 is 15.9 Å². The second kappa shape index (κ2) is 10.1. The molecule has 1 heterocycles. The van der Waals surface area contributed by atoms with Gasteiger partial charge in [0.2, 0.25) is 10.0 Å². The van der Waals surface area contributed by atoms with Gasteiger partial charge >= 0.3 is 0 Å². The Labute approximate surface area is 189 Å². The van der Waals surface area contributed by atoms with Gasteiger partial charge in [-0.3, -0.25) is 9.69 Å². The number of nitrogens with zero attached hydrogens (tertiary/aromatic N) is 2. The fraction of sp³-hybridized carbons (Fsp3) is 0.409. The maximum absolute atomic E-state index is 12.7. The van der Waals surface area contributed by atoms with Gasteiger partial charge in [-0.1, -0.05) is 35.9 Å². The van der Waals surface area contributed by atoms with Crippen molar-refractivity contribution in [3.05, 3.63) is 64.2 Å². The average molecular weight is 466 g/mol. The molecule has 1 unspecified atom stereocenters. The SMILES string of the molecule is CC1CN(Cc2cccc(CNC(=O)c3cc(S(=O)(=O)N(C)C)ccc3Cl)c2)CCO1. The summed E-state index contributed by atoms with van der Waals surface area (Å²) >= 11 is 6.16. The number of sulfonamides is 1. The van der Waals surface area contributed by atoms with Crippen molar-refractivity contribution in [3.8, 4) is 0 Å². The van der Waals surface area contributed by atoms with Crippen molar-refractivity contribution >= 4 is 27.5 Å². The first kappa shape index (κ1) is 23.7. The van der Waals surface area contributed by atoms with Crippen LogP contribution in [0, 0.1) is 0 Å². The van der Waals surface area contributed by atoms with Crippen molar-refractivity contribution in [1.82, 2.24) is 14.5 Å². The van der Waals surface area contributed by atoms with Crippen molar-refractivity contribution in [2.75, 3.05) is 33.8 Å². The lowest BCUT2D eigenvalue weighted by Gasteiger charge is -2.31. The van der Waals surface area contributed by atoms with Crippen LogP contribution in [0.5, 0.6) is 0 Å². The van der Waals surface area contributed by atoms with Gasteiger partial charge in [0.05, 0.1) is 28.2 Å². The van der Waals surface area contributed by atoms with Gasteiger partial charge in [-0.25, -0.2) is 12.7 Å². The third-order valence-electron chi connectivity index (χ3n) is 5.14. The smallest absolute Gasteiger partial charge is 0.253 e. The third-order valence-corrected chi connectivity index (χ3v) is 7.28. The average Bonchev–Trinajstić information content (AvgIpc) is 2.72. The van der Waals surface area contributed by atoms with E-state index in [9.17, 15) is 13.2 Å². The molecule has 3 rings (SSSR count). The van der Waals surface area contributed by atoms with Crippen LogP contribution in [0.15, 0.2) is 47.4 Å². The Morgan fingerprint density at radius 1 is 1.23 bits per heavy atom. The standard InChI is InChI=1S/C22H28ClN3O4S/c1-16-14-26(9-10-30-16)15-18-6-4-5-17(11-18)13-24-22(27)20-12-19(7-8-21(20)23)31(28,29)25(2)3/h4-8,11-12,16H,9-10,13-15H2,1-3H3,(H,24,27). The summed E-state index contributed by atoms with van der Waals surface area (Å²) in [5, 5.41) is 3.04. The first-order valence-electron chi connectivity index (χ1n) is 10.1. The maximum atomic E-state index is 12.7. The largest absolute Gasteiger partial charge is 0.376 e. The van der Waals surface area contributed by atoms with Crippen LogP contribution >= 0.6 is 11.6 Å². The number of carbonyl (C=O) groups is 1. The predicted molar refractivity (Wildman–Crippen MR) is 121 cm³/mol. The number of ether oxygens (including phenoxy) is 1. The summed E-state index contributed by atoms with van der Waals surface area (Å²) in [5.41, 5.74) is 2.25. The summed E-state index contributed by atoms with van der Waals surface area (Å²) in [6.07, 6.45) is 0.230. The molecule has 1 aliphatic rings. The number of hydrogen-bond acceptors (Lipinski definition) is 5. The lowest BCUT2D eigenvalue weighted by molar-refractivity contribution is -0.0212. The number of rotatable bonds is 7. The molecule has 1 aliphatic heterocycles. The minimum Gasteiger partial charge on any atom is -0.376 e. The van der Waals surface area contributed by atoms with E-state index >= 15 is 0 Å². The highest BCUT2D eigenvalue weighted by Gasteiger charge is 2.21. The van der Waals surface area contributed by atoms with Crippen LogP contribution in [0.1, 0.15) is 28.4 Å². The van der Waals surface area contributed by atoms with Gasteiger partial charge < -0.3 is 10.1 Å². The molecule has 0 saturated carbocycles. The van der Waals surface area contributed by atoms with Gasteiger partial charge in [0.1, 0.15) is 0 Å². The Balaban J connectivity index is 1.67. The van der Waals surface area contributed by atoms with Gasteiger partial charge in [-0.15, -0.1) is 0 Å². The zero-order chi connectivity index (χ0) is 22.6. The zero-order valence-corrected chi connectivity index (χ0v) is 19.5.